The van der Waals surface area contributed by atoms with Crippen molar-refractivity contribution in [3.05, 3.63) is 69.7 Å². The smallest absolute Gasteiger partial charge is 0.378 e. The van der Waals surface area contributed by atoms with Crippen molar-refractivity contribution in [2.24, 2.45) is 0 Å². The van der Waals surface area contributed by atoms with Gasteiger partial charge in [0.05, 0.1) is 24.3 Å². The molecule has 1 aliphatic heterocycles. The summed E-state index contributed by atoms with van der Waals surface area (Å²) >= 11 is 6.81. The summed E-state index contributed by atoms with van der Waals surface area (Å²) in [7, 11) is 0. The van der Waals surface area contributed by atoms with Crippen LogP contribution in [-0.4, -0.2) is 37.2 Å². The maximum atomic E-state index is 13.7. The Kier molecular flexibility index (Phi) is 6.92. The van der Waals surface area contributed by atoms with Gasteiger partial charge in [0.15, 0.2) is 5.69 Å². The Morgan fingerprint density at radius 1 is 1.18 bits per heavy atom. The van der Waals surface area contributed by atoms with E-state index in [-0.39, 0.29) is 10.0 Å². The van der Waals surface area contributed by atoms with Gasteiger partial charge in [-0.05, 0) is 30.7 Å². The van der Waals surface area contributed by atoms with Crippen molar-refractivity contribution in [3.63, 3.8) is 0 Å². The van der Waals surface area contributed by atoms with Crippen LogP contribution in [-0.2, 0) is 10.9 Å². The molecule has 0 radical (unpaired) electrons. The van der Waals surface area contributed by atoms with Crippen LogP contribution in [0.25, 0.3) is 10.6 Å². The third-order valence-electron chi connectivity index (χ3n) is 5.30. The Balaban J connectivity index is 1.58. The van der Waals surface area contributed by atoms with E-state index in [2.05, 4.69) is 15.2 Å². The number of benzene rings is 2. The number of alkyl halides is 3. The average Bonchev–Trinajstić information content (AvgIpc) is 3.26. The summed E-state index contributed by atoms with van der Waals surface area (Å²) in [5, 5.41) is 3.00. The standard InChI is InChI=1S/C23H21ClF3N3O2S/c1-14(15-5-4-6-16(13-15)30-9-11-32-12-10-30)28-21(31)19-20(23(25,26)27)29-22(33-19)17-7-2-3-8-18(17)24/h2-8,13-14H,9-12H2,1H3,(H,28,31). The van der Waals surface area contributed by atoms with Gasteiger partial charge in [-0.25, -0.2) is 4.98 Å². The van der Waals surface area contributed by atoms with Gasteiger partial charge in [0.1, 0.15) is 9.88 Å². The van der Waals surface area contributed by atoms with Crippen molar-refractivity contribution < 1.29 is 22.7 Å². The molecule has 174 valence electrons. The highest BCUT2D eigenvalue weighted by Gasteiger charge is 2.40. The first-order chi connectivity index (χ1) is 15.7. The van der Waals surface area contributed by atoms with Crippen LogP contribution in [0.4, 0.5) is 18.9 Å². The molecular formula is C23H21ClF3N3O2S. The molecule has 1 N–H and O–H groups in total. The molecule has 0 spiro atoms. The van der Waals surface area contributed by atoms with Crippen molar-refractivity contribution >= 4 is 34.5 Å². The quantitative estimate of drug-likeness (QED) is 0.485. The van der Waals surface area contributed by atoms with Crippen molar-refractivity contribution in [2.45, 2.75) is 19.1 Å². The third kappa shape index (κ3) is 5.31. The zero-order valence-corrected chi connectivity index (χ0v) is 19.2. The normalized spacial score (nSPS) is 15.4. The highest BCUT2D eigenvalue weighted by molar-refractivity contribution is 7.17. The number of rotatable bonds is 5. The monoisotopic (exact) mass is 495 g/mol. The number of hydrogen-bond donors (Lipinski definition) is 1. The van der Waals surface area contributed by atoms with Gasteiger partial charge in [-0.3, -0.25) is 4.79 Å². The topological polar surface area (TPSA) is 54.5 Å². The Morgan fingerprint density at radius 2 is 1.91 bits per heavy atom. The van der Waals surface area contributed by atoms with Crippen molar-refractivity contribution in [2.75, 3.05) is 31.2 Å². The number of hydrogen-bond acceptors (Lipinski definition) is 5. The number of amides is 1. The summed E-state index contributed by atoms with van der Waals surface area (Å²) in [6.45, 7) is 4.51. The van der Waals surface area contributed by atoms with Crippen molar-refractivity contribution in [1.29, 1.82) is 0 Å². The minimum Gasteiger partial charge on any atom is -0.378 e. The molecular weight excluding hydrogens is 475 g/mol. The van der Waals surface area contributed by atoms with Gasteiger partial charge in [-0.1, -0.05) is 41.9 Å². The molecule has 1 fully saturated rings. The average molecular weight is 496 g/mol. The molecule has 5 nitrogen and oxygen atoms in total. The maximum Gasteiger partial charge on any atom is 0.435 e. The molecule has 0 aliphatic carbocycles. The van der Waals surface area contributed by atoms with Gasteiger partial charge in [-0.15, -0.1) is 11.3 Å². The molecule has 2 aromatic carbocycles. The number of nitrogens with zero attached hydrogens (tertiary/aromatic N) is 2. The molecule has 3 aromatic rings. The number of aromatic nitrogens is 1. The van der Waals surface area contributed by atoms with Crippen LogP contribution >= 0.6 is 22.9 Å². The van der Waals surface area contributed by atoms with E-state index >= 15 is 0 Å². The number of ether oxygens (including phenoxy) is 1. The maximum absolute atomic E-state index is 13.7. The highest BCUT2D eigenvalue weighted by Crippen LogP contribution is 2.39. The zero-order chi connectivity index (χ0) is 23.6. The molecule has 1 atom stereocenters. The molecule has 1 saturated heterocycles. The minimum absolute atomic E-state index is 0.0417. The Bertz CT molecular complexity index is 1150. The fraction of sp³-hybridized carbons (Fsp3) is 0.304. The van der Waals surface area contributed by atoms with E-state index in [1.165, 1.54) is 0 Å². The number of nitrogens with one attached hydrogen (secondary N) is 1. The van der Waals surface area contributed by atoms with Crippen LogP contribution in [0, 0.1) is 0 Å². The van der Waals surface area contributed by atoms with E-state index in [1.807, 2.05) is 24.3 Å². The van der Waals surface area contributed by atoms with E-state index in [0.717, 1.165) is 24.3 Å². The molecule has 4 rings (SSSR count). The Morgan fingerprint density at radius 3 is 2.61 bits per heavy atom. The molecule has 2 heterocycles. The number of carbonyl (C=O) groups excluding carboxylic acids is 1. The largest absolute Gasteiger partial charge is 0.435 e. The second-order valence-electron chi connectivity index (χ2n) is 7.56. The molecule has 1 amide bonds. The van der Waals surface area contributed by atoms with E-state index in [0.29, 0.717) is 30.1 Å². The van der Waals surface area contributed by atoms with Crippen molar-refractivity contribution in [1.82, 2.24) is 10.3 Å². The molecule has 10 heteroatoms. The fourth-order valence-corrected chi connectivity index (χ4v) is 4.88. The number of anilines is 1. The van der Waals surface area contributed by atoms with E-state index in [4.69, 9.17) is 16.3 Å². The number of thiazole rings is 1. The zero-order valence-electron chi connectivity index (χ0n) is 17.7. The second-order valence-corrected chi connectivity index (χ2v) is 8.97. The summed E-state index contributed by atoms with van der Waals surface area (Å²) in [6.07, 6.45) is -4.78. The molecule has 0 saturated carbocycles. The lowest BCUT2D eigenvalue weighted by atomic mass is 10.1. The van der Waals surface area contributed by atoms with Crippen molar-refractivity contribution in [3.8, 4) is 10.6 Å². The number of carbonyl (C=O) groups is 1. The lowest BCUT2D eigenvalue weighted by molar-refractivity contribution is -0.141. The molecule has 33 heavy (non-hydrogen) atoms. The van der Waals surface area contributed by atoms with E-state index < -0.39 is 28.7 Å². The predicted molar refractivity (Wildman–Crippen MR) is 123 cm³/mol. The highest BCUT2D eigenvalue weighted by atomic mass is 35.5. The summed E-state index contributed by atoms with van der Waals surface area (Å²) in [5.41, 5.74) is 0.901. The van der Waals surface area contributed by atoms with Crippen LogP contribution in [0.15, 0.2) is 48.5 Å². The number of halogens is 4. The summed E-state index contributed by atoms with van der Waals surface area (Å²) in [4.78, 5) is 18.3. The van der Waals surface area contributed by atoms with Crippen LogP contribution in [0.2, 0.25) is 5.02 Å². The Hall–Kier alpha value is -2.62. The summed E-state index contributed by atoms with van der Waals surface area (Å²) in [6, 6.07) is 13.5. The van der Waals surface area contributed by atoms with Gasteiger partial charge in [0.2, 0.25) is 0 Å². The van der Waals surface area contributed by atoms with Gasteiger partial charge in [0, 0.05) is 24.3 Å². The SMILES string of the molecule is CC(NC(=O)c1sc(-c2ccccc2Cl)nc1C(F)(F)F)c1cccc(N2CCOCC2)c1. The first-order valence-electron chi connectivity index (χ1n) is 10.3. The molecule has 0 bridgehead atoms. The van der Waals surface area contributed by atoms with E-state index in [9.17, 15) is 18.0 Å². The third-order valence-corrected chi connectivity index (χ3v) is 6.72. The predicted octanol–water partition coefficient (Wildman–Crippen LogP) is 5.81. The van der Waals surface area contributed by atoms with Gasteiger partial charge < -0.3 is 15.0 Å². The Labute approximate surface area is 198 Å². The van der Waals surface area contributed by atoms with Gasteiger partial charge in [0.25, 0.3) is 5.91 Å². The molecule has 1 aromatic heterocycles. The van der Waals surface area contributed by atoms with Crippen LogP contribution in [0.5, 0.6) is 0 Å². The van der Waals surface area contributed by atoms with E-state index in [1.54, 1.807) is 31.2 Å². The van der Waals surface area contributed by atoms with Crippen LogP contribution in [0.3, 0.4) is 0 Å². The number of morpholine rings is 1. The lowest BCUT2D eigenvalue weighted by Crippen LogP contribution is -2.36. The first kappa shape index (κ1) is 23.5. The summed E-state index contributed by atoms with van der Waals surface area (Å²) < 4.78 is 46.4. The summed E-state index contributed by atoms with van der Waals surface area (Å²) in [5.74, 6) is -0.831. The lowest BCUT2D eigenvalue weighted by Gasteiger charge is -2.29. The van der Waals surface area contributed by atoms with Gasteiger partial charge >= 0.3 is 6.18 Å². The second kappa shape index (κ2) is 9.70. The van der Waals surface area contributed by atoms with Crippen LogP contribution in [0.1, 0.15) is 33.9 Å². The fourth-order valence-electron chi connectivity index (χ4n) is 3.57. The molecule has 1 unspecified atom stereocenters. The van der Waals surface area contributed by atoms with Gasteiger partial charge in [-0.2, -0.15) is 13.2 Å². The first-order valence-corrected chi connectivity index (χ1v) is 11.5. The van der Waals surface area contributed by atoms with Crippen LogP contribution < -0.4 is 10.2 Å². The minimum atomic E-state index is -4.78. The molecule has 1 aliphatic rings.